The summed E-state index contributed by atoms with van der Waals surface area (Å²) in [6, 6.07) is 9.48. The number of benzene rings is 1. The fourth-order valence-corrected chi connectivity index (χ4v) is 2.58. The number of amides is 1. The molecule has 0 saturated carbocycles. The van der Waals surface area contributed by atoms with Crippen molar-refractivity contribution in [2.24, 2.45) is 0 Å². The van der Waals surface area contributed by atoms with Gasteiger partial charge in [-0.1, -0.05) is 23.9 Å². The van der Waals surface area contributed by atoms with Crippen LogP contribution in [0.15, 0.2) is 52.8 Å². The van der Waals surface area contributed by atoms with E-state index in [2.05, 4.69) is 15.3 Å². The number of thioether (sulfide) groups is 2. The van der Waals surface area contributed by atoms with Crippen molar-refractivity contribution in [1.82, 2.24) is 9.97 Å². The highest BCUT2D eigenvalue weighted by molar-refractivity contribution is 7.99. The van der Waals surface area contributed by atoms with E-state index in [1.165, 1.54) is 11.8 Å². The molecule has 19 heavy (non-hydrogen) atoms. The van der Waals surface area contributed by atoms with Crippen LogP contribution in [0.4, 0.5) is 5.69 Å². The number of para-hydroxylation sites is 1. The van der Waals surface area contributed by atoms with E-state index in [9.17, 15) is 4.79 Å². The van der Waals surface area contributed by atoms with E-state index in [1.807, 2.05) is 30.5 Å². The maximum absolute atomic E-state index is 11.9. The predicted octanol–water partition coefficient (Wildman–Crippen LogP) is 2.93. The summed E-state index contributed by atoms with van der Waals surface area (Å²) < 4.78 is 0. The molecule has 0 bridgehead atoms. The number of nitrogens with one attached hydrogen (secondary N) is 1. The third-order valence-corrected chi connectivity index (χ3v) is 3.93. The van der Waals surface area contributed by atoms with Gasteiger partial charge in [-0.3, -0.25) is 4.79 Å². The van der Waals surface area contributed by atoms with Crippen LogP contribution in [0.2, 0.25) is 0 Å². The van der Waals surface area contributed by atoms with Crippen LogP contribution in [0.1, 0.15) is 0 Å². The van der Waals surface area contributed by atoms with Gasteiger partial charge in [-0.05, 0) is 24.5 Å². The number of carbonyl (C=O) groups is 1. The second-order valence-electron chi connectivity index (χ2n) is 3.57. The van der Waals surface area contributed by atoms with Crippen LogP contribution in [0.5, 0.6) is 0 Å². The van der Waals surface area contributed by atoms with Crippen molar-refractivity contribution in [3.8, 4) is 0 Å². The molecule has 4 nitrogen and oxygen atoms in total. The van der Waals surface area contributed by atoms with Crippen molar-refractivity contribution in [3.63, 3.8) is 0 Å². The molecule has 0 atom stereocenters. The number of aromatic nitrogens is 2. The van der Waals surface area contributed by atoms with Gasteiger partial charge in [-0.25, -0.2) is 9.97 Å². The summed E-state index contributed by atoms with van der Waals surface area (Å²) in [5.74, 6) is 0.242. The van der Waals surface area contributed by atoms with Crippen LogP contribution in [0.25, 0.3) is 0 Å². The summed E-state index contributed by atoms with van der Waals surface area (Å²) in [5.41, 5.74) is 0.842. The predicted molar refractivity (Wildman–Crippen MR) is 79.6 cm³/mol. The smallest absolute Gasteiger partial charge is 0.234 e. The first-order valence-electron chi connectivity index (χ1n) is 5.62. The molecular formula is C13H13N3OS2. The van der Waals surface area contributed by atoms with Crippen molar-refractivity contribution < 1.29 is 4.79 Å². The van der Waals surface area contributed by atoms with Crippen molar-refractivity contribution in [2.75, 3.05) is 17.3 Å². The summed E-state index contributed by atoms with van der Waals surface area (Å²) in [5, 5.41) is 3.50. The quantitative estimate of drug-likeness (QED) is 0.678. The molecule has 1 N–H and O–H groups in total. The summed E-state index contributed by atoms with van der Waals surface area (Å²) in [6.07, 6.45) is 5.31. The SMILES string of the molecule is CSc1ccccc1NC(=O)CSc1ncccn1. The molecule has 6 heteroatoms. The Morgan fingerprint density at radius 1 is 1.21 bits per heavy atom. The van der Waals surface area contributed by atoms with Gasteiger partial charge >= 0.3 is 0 Å². The maximum Gasteiger partial charge on any atom is 0.234 e. The summed E-state index contributed by atoms with van der Waals surface area (Å²) >= 11 is 2.93. The van der Waals surface area contributed by atoms with Crippen LogP contribution in [0.3, 0.4) is 0 Å². The van der Waals surface area contributed by atoms with Crippen LogP contribution < -0.4 is 5.32 Å². The Hall–Kier alpha value is -1.53. The molecule has 98 valence electrons. The van der Waals surface area contributed by atoms with Crippen molar-refractivity contribution >= 4 is 35.1 Å². The average molecular weight is 291 g/mol. The zero-order valence-corrected chi connectivity index (χ0v) is 12.0. The molecule has 0 spiro atoms. The Morgan fingerprint density at radius 3 is 2.68 bits per heavy atom. The molecular weight excluding hydrogens is 278 g/mol. The zero-order chi connectivity index (χ0) is 13.5. The first-order valence-corrected chi connectivity index (χ1v) is 7.83. The van der Waals surface area contributed by atoms with Gasteiger partial charge in [0.15, 0.2) is 5.16 Å². The normalized spacial score (nSPS) is 10.2. The molecule has 0 fully saturated rings. The van der Waals surface area contributed by atoms with Gasteiger partial charge in [-0.15, -0.1) is 11.8 Å². The Labute approximate surface area is 120 Å². The Morgan fingerprint density at radius 2 is 1.95 bits per heavy atom. The molecule has 0 radical (unpaired) electrons. The topological polar surface area (TPSA) is 54.9 Å². The largest absolute Gasteiger partial charge is 0.324 e. The molecule has 0 aliphatic carbocycles. The van der Waals surface area contributed by atoms with Gasteiger partial charge in [0.1, 0.15) is 0 Å². The molecule has 0 aliphatic heterocycles. The minimum atomic E-state index is -0.0565. The summed E-state index contributed by atoms with van der Waals surface area (Å²) in [4.78, 5) is 21.0. The number of hydrogen-bond acceptors (Lipinski definition) is 5. The molecule has 0 aliphatic rings. The Kier molecular flexibility index (Phi) is 5.23. The van der Waals surface area contributed by atoms with E-state index in [0.29, 0.717) is 10.9 Å². The molecule has 0 saturated heterocycles. The van der Waals surface area contributed by atoms with E-state index < -0.39 is 0 Å². The third kappa shape index (κ3) is 4.25. The molecule has 1 amide bonds. The second kappa shape index (κ2) is 7.16. The number of nitrogens with zero attached hydrogens (tertiary/aromatic N) is 2. The fraction of sp³-hybridized carbons (Fsp3) is 0.154. The van der Waals surface area contributed by atoms with Crippen molar-refractivity contribution in [3.05, 3.63) is 42.7 Å². The third-order valence-electron chi connectivity index (χ3n) is 2.26. The summed E-state index contributed by atoms with van der Waals surface area (Å²) in [6.45, 7) is 0. The van der Waals surface area contributed by atoms with Gasteiger partial charge in [0.25, 0.3) is 0 Å². The van der Waals surface area contributed by atoms with E-state index >= 15 is 0 Å². The maximum atomic E-state index is 11.9. The van der Waals surface area contributed by atoms with Gasteiger partial charge in [0.2, 0.25) is 5.91 Å². The molecule has 2 rings (SSSR count). The van der Waals surface area contributed by atoms with E-state index in [0.717, 1.165) is 10.6 Å². The van der Waals surface area contributed by atoms with E-state index in [-0.39, 0.29) is 5.91 Å². The van der Waals surface area contributed by atoms with Gasteiger partial charge < -0.3 is 5.32 Å². The highest BCUT2D eigenvalue weighted by atomic mass is 32.2. The highest BCUT2D eigenvalue weighted by Gasteiger charge is 2.07. The van der Waals surface area contributed by atoms with Crippen LogP contribution in [-0.4, -0.2) is 27.9 Å². The minimum absolute atomic E-state index is 0.0565. The first-order chi connectivity index (χ1) is 9.29. The van der Waals surface area contributed by atoms with Crippen molar-refractivity contribution in [2.45, 2.75) is 10.1 Å². The molecule has 0 unspecified atom stereocenters. The molecule has 1 aromatic carbocycles. The number of carbonyl (C=O) groups excluding carboxylic acids is 1. The number of rotatable bonds is 5. The monoisotopic (exact) mass is 291 g/mol. The minimum Gasteiger partial charge on any atom is -0.324 e. The van der Waals surface area contributed by atoms with Crippen LogP contribution >= 0.6 is 23.5 Å². The van der Waals surface area contributed by atoms with Gasteiger partial charge in [0.05, 0.1) is 11.4 Å². The second-order valence-corrected chi connectivity index (χ2v) is 5.36. The number of hydrogen-bond donors (Lipinski definition) is 1. The Balaban J connectivity index is 1.91. The van der Waals surface area contributed by atoms with E-state index in [4.69, 9.17) is 0 Å². The van der Waals surface area contributed by atoms with Gasteiger partial charge in [-0.2, -0.15) is 0 Å². The number of anilines is 1. The summed E-state index contributed by atoms with van der Waals surface area (Å²) in [7, 11) is 0. The van der Waals surface area contributed by atoms with Gasteiger partial charge in [0, 0.05) is 17.3 Å². The van der Waals surface area contributed by atoms with E-state index in [1.54, 1.807) is 30.2 Å². The average Bonchev–Trinajstić information content (AvgIpc) is 2.47. The van der Waals surface area contributed by atoms with Crippen LogP contribution in [-0.2, 0) is 4.79 Å². The standard InChI is InChI=1S/C13H13N3OS2/c1-18-11-6-3-2-5-10(11)16-12(17)9-19-13-14-7-4-8-15-13/h2-8H,9H2,1H3,(H,16,17). The lowest BCUT2D eigenvalue weighted by molar-refractivity contribution is -0.113. The lowest BCUT2D eigenvalue weighted by Crippen LogP contribution is -2.14. The molecule has 2 aromatic rings. The lowest BCUT2D eigenvalue weighted by Gasteiger charge is -2.08. The van der Waals surface area contributed by atoms with Crippen molar-refractivity contribution in [1.29, 1.82) is 0 Å². The molecule has 1 heterocycles. The lowest BCUT2D eigenvalue weighted by atomic mass is 10.3. The molecule has 1 aromatic heterocycles. The first kappa shape index (κ1) is 13.9. The fourth-order valence-electron chi connectivity index (χ4n) is 1.42. The zero-order valence-electron chi connectivity index (χ0n) is 10.4. The van der Waals surface area contributed by atoms with Crippen LogP contribution in [0, 0.1) is 0 Å². The highest BCUT2D eigenvalue weighted by Crippen LogP contribution is 2.24. The Bertz CT molecular complexity index is 549.